The van der Waals surface area contributed by atoms with Gasteiger partial charge >= 0.3 is 11.3 Å². The topological polar surface area (TPSA) is 33.4 Å². The quantitative estimate of drug-likeness (QED) is 0.502. The summed E-state index contributed by atoms with van der Waals surface area (Å²) < 4.78 is 0. The molecule has 2 fully saturated rings. The summed E-state index contributed by atoms with van der Waals surface area (Å²) in [6.45, 7) is 14.8. The van der Waals surface area contributed by atoms with E-state index in [2.05, 4.69) is 19.9 Å². The summed E-state index contributed by atoms with van der Waals surface area (Å²) in [4.78, 5) is 7.43. The lowest BCUT2D eigenvalue weighted by molar-refractivity contribution is 0.298. The number of nitrogens with zero attached hydrogens (tertiary/aromatic N) is 4. The van der Waals surface area contributed by atoms with Gasteiger partial charge in [0.25, 0.3) is 0 Å². The van der Waals surface area contributed by atoms with E-state index < -0.39 is 11.3 Å². The minimum Gasteiger partial charge on any atom is -0.283 e. The maximum atomic E-state index is 7.38. The first-order valence-corrected chi connectivity index (χ1v) is 6.96. The van der Waals surface area contributed by atoms with E-state index in [1.165, 1.54) is 12.8 Å². The fourth-order valence-corrected chi connectivity index (χ4v) is 2.89. The molecule has 4 heteroatoms. The van der Waals surface area contributed by atoms with Crippen molar-refractivity contribution in [1.82, 2.24) is 0 Å². The molecule has 0 radical (unpaired) electrons. The molecular formula is C14H20N4. The van der Waals surface area contributed by atoms with Crippen molar-refractivity contribution < 1.29 is 0 Å². The van der Waals surface area contributed by atoms with Crippen LogP contribution in [0.1, 0.15) is 64.2 Å². The van der Waals surface area contributed by atoms with Crippen LogP contribution in [0.5, 0.6) is 0 Å². The molecule has 0 aromatic carbocycles. The first-order valence-electron chi connectivity index (χ1n) is 6.96. The highest BCUT2D eigenvalue weighted by Gasteiger charge is 2.43. The smallest absolute Gasteiger partial charge is 0.283 e. The van der Waals surface area contributed by atoms with Crippen molar-refractivity contribution in [2.24, 2.45) is 10.2 Å². The standard InChI is InChI=1S/C14H20N4/c1-15-13(9-5-3-6-10-13)17-18-14(16-2)11-7-4-8-12-14/h3-12H2. The van der Waals surface area contributed by atoms with Crippen LogP contribution >= 0.6 is 0 Å². The van der Waals surface area contributed by atoms with Crippen LogP contribution in [0.15, 0.2) is 10.2 Å². The molecule has 4 nitrogen and oxygen atoms in total. The molecule has 0 saturated heterocycles. The zero-order valence-corrected chi connectivity index (χ0v) is 10.9. The Morgan fingerprint density at radius 3 is 1.22 bits per heavy atom. The highest BCUT2D eigenvalue weighted by molar-refractivity contribution is 5.01. The molecule has 0 amide bonds. The molecule has 96 valence electrons. The van der Waals surface area contributed by atoms with Crippen LogP contribution in [0, 0.1) is 13.1 Å². The van der Waals surface area contributed by atoms with E-state index in [0.29, 0.717) is 0 Å². The Bertz CT molecular complexity index is 349. The lowest BCUT2D eigenvalue weighted by Gasteiger charge is -2.24. The summed E-state index contributed by atoms with van der Waals surface area (Å²) in [5, 5.41) is 8.71. The van der Waals surface area contributed by atoms with E-state index >= 15 is 0 Å². The predicted octanol–water partition coefficient (Wildman–Crippen LogP) is 4.60. The molecule has 0 heterocycles. The zero-order valence-electron chi connectivity index (χ0n) is 10.9. The molecule has 0 bridgehead atoms. The minimum absolute atomic E-state index is 0.645. The number of hydrogen-bond acceptors (Lipinski definition) is 2. The highest BCUT2D eigenvalue weighted by Crippen LogP contribution is 2.38. The van der Waals surface area contributed by atoms with Gasteiger partial charge in [-0.05, 0) is 25.7 Å². The molecule has 2 aliphatic carbocycles. The van der Waals surface area contributed by atoms with Crippen LogP contribution in [0.25, 0.3) is 9.69 Å². The molecule has 0 spiro atoms. The number of azo groups is 1. The summed E-state index contributed by atoms with van der Waals surface area (Å²) in [5.74, 6) is 0. The first-order chi connectivity index (χ1) is 8.74. The maximum absolute atomic E-state index is 7.38. The summed E-state index contributed by atoms with van der Waals surface area (Å²) in [7, 11) is 0. The molecule has 2 rings (SSSR count). The van der Waals surface area contributed by atoms with Crippen LogP contribution in [0.4, 0.5) is 0 Å². The van der Waals surface area contributed by atoms with Crippen molar-refractivity contribution >= 4 is 0 Å². The molecule has 2 aliphatic rings. The fourth-order valence-electron chi connectivity index (χ4n) is 2.89. The van der Waals surface area contributed by atoms with Gasteiger partial charge in [0.05, 0.1) is 0 Å². The maximum Gasteiger partial charge on any atom is 0.340 e. The van der Waals surface area contributed by atoms with Gasteiger partial charge < -0.3 is 0 Å². The Morgan fingerprint density at radius 2 is 0.944 bits per heavy atom. The van der Waals surface area contributed by atoms with Gasteiger partial charge in [0.1, 0.15) is 0 Å². The van der Waals surface area contributed by atoms with Gasteiger partial charge in [-0.15, -0.1) is 0 Å². The van der Waals surface area contributed by atoms with E-state index in [9.17, 15) is 0 Å². The molecule has 0 aromatic rings. The van der Waals surface area contributed by atoms with Gasteiger partial charge in [0.15, 0.2) is 0 Å². The SMILES string of the molecule is [C-]#[N+]C1(N=NC2([N+]#[C-])CCCCC2)CCCCC1. The minimum atomic E-state index is -0.645. The zero-order chi connectivity index (χ0) is 12.9. The highest BCUT2D eigenvalue weighted by atomic mass is 15.3. The lowest BCUT2D eigenvalue weighted by Crippen LogP contribution is -2.29. The van der Waals surface area contributed by atoms with E-state index in [0.717, 1.165) is 51.4 Å². The fraction of sp³-hybridized carbons (Fsp3) is 0.857. The van der Waals surface area contributed by atoms with E-state index in [1.807, 2.05) is 0 Å². The largest absolute Gasteiger partial charge is 0.340 e. The van der Waals surface area contributed by atoms with Crippen molar-refractivity contribution in [3.05, 3.63) is 22.8 Å². The van der Waals surface area contributed by atoms with Gasteiger partial charge in [0, 0.05) is 25.7 Å². The second-order valence-corrected chi connectivity index (χ2v) is 5.51. The van der Waals surface area contributed by atoms with E-state index in [-0.39, 0.29) is 0 Å². The average molecular weight is 244 g/mol. The summed E-state index contributed by atoms with van der Waals surface area (Å²) in [6, 6.07) is 0. The van der Waals surface area contributed by atoms with E-state index in [4.69, 9.17) is 13.1 Å². The summed E-state index contributed by atoms with van der Waals surface area (Å²) in [5.41, 5.74) is -1.29. The van der Waals surface area contributed by atoms with Crippen molar-refractivity contribution in [1.29, 1.82) is 0 Å². The molecule has 0 unspecified atom stereocenters. The Kier molecular flexibility index (Phi) is 3.97. The van der Waals surface area contributed by atoms with Gasteiger partial charge in [-0.25, -0.2) is 13.1 Å². The summed E-state index contributed by atoms with van der Waals surface area (Å²) in [6.07, 6.45) is 9.89. The Morgan fingerprint density at radius 1 is 0.611 bits per heavy atom. The third-order valence-corrected chi connectivity index (χ3v) is 4.15. The van der Waals surface area contributed by atoms with Crippen LogP contribution < -0.4 is 0 Å². The molecule has 2 saturated carbocycles. The first kappa shape index (κ1) is 13.0. The Hall–Kier alpha value is -1.42. The van der Waals surface area contributed by atoms with Gasteiger partial charge in [-0.2, -0.15) is 0 Å². The van der Waals surface area contributed by atoms with Gasteiger partial charge in [0.2, 0.25) is 0 Å². The van der Waals surface area contributed by atoms with Crippen molar-refractivity contribution in [2.45, 2.75) is 75.5 Å². The van der Waals surface area contributed by atoms with Crippen molar-refractivity contribution in [3.63, 3.8) is 0 Å². The summed E-state index contributed by atoms with van der Waals surface area (Å²) >= 11 is 0. The monoisotopic (exact) mass is 244 g/mol. The Balaban J connectivity index is 2.12. The predicted molar refractivity (Wildman–Crippen MR) is 69.7 cm³/mol. The molecular weight excluding hydrogens is 224 g/mol. The van der Waals surface area contributed by atoms with E-state index in [1.54, 1.807) is 0 Å². The average Bonchev–Trinajstić information content (AvgIpc) is 2.47. The van der Waals surface area contributed by atoms with Crippen LogP contribution in [0.3, 0.4) is 0 Å². The molecule has 0 atom stereocenters. The molecule has 18 heavy (non-hydrogen) atoms. The normalized spacial score (nSPS) is 26.3. The Labute approximate surface area is 109 Å². The van der Waals surface area contributed by atoms with Crippen molar-refractivity contribution in [2.75, 3.05) is 0 Å². The lowest BCUT2D eigenvalue weighted by atomic mass is 9.89. The van der Waals surface area contributed by atoms with Crippen LogP contribution in [-0.2, 0) is 0 Å². The second-order valence-electron chi connectivity index (χ2n) is 5.51. The van der Waals surface area contributed by atoms with Gasteiger partial charge in [-0.1, -0.05) is 23.1 Å². The number of hydrogen-bond donors (Lipinski definition) is 0. The van der Waals surface area contributed by atoms with Gasteiger partial charge in [-0.3, -0.25) is 9.69 Å². The third-order valence-electron chi connectivity index (χ3n) is 4.15. The molecule has 0 aromatic heterocycles. The van der Waals surface area contributed by atoms with Crippen molar-refractivity contribution in [3.8, 4) is 0 Å². The third kappa shape index (κ3) is 2.70. The van der Waals surface area contributed by atoms with Crippen LogP contribution in [0.2, 0.25) is 0 Å². The number of rotatable bonds is 2. The molecule has 0 aliphatic heterocycles. The molecule has 0 N–H and O–H groups in total. The second kappa shape index (κ2) is 5.48. The van der Waals surface area contributed by atoms with Crippen LogP contribution in [-0.4, -0.2) is 11.3 Å².